The summed E-state index contributed by atoms with van der Waals surface area (Å²) in [4.78, 5) is 12.5. The van der Waals surface area contributed by atoms with E-state index >= 15 is 0 Å². The number of carbonyl (C=O) groups excluding carboxylic acids is 1. The highest BCUT2D eigenvalue weighted by atomic mass is 16.6. The minimum atomic E-state index is -0.601. The Labute approximate surface area is 139 Å². The fourth-order valence-electron chi connectivity index (χ4n) is 4.58. The molecule has 0 spiro atoms. The average Bonchev–Trinajstić information content (AvgIpc) is 3.27. The zero-order valence-corrected chi connectivity index (χ0v) is 14.2. The maximum atomic E-state index is 12.5. The normalized spacial score (nSPS) is 22.7. The van der Waals surface area contributed by atoms with Crippen LogP contribution in [-0.4, -0.2) is 5.97 Å². The number of hydrogen-bond donors (Lipinski definition) is 0. The van der Waals surface area contributed by atoms with Crippen LogP contribution >= 0.6 is 0 Å². The molecule has 23 heavy (non-hydrogen) atoms. The van der Waals surface area contributed by atoms with Crippen molar-refractivity contribution in [2.24, 2.45) is 11.8 Å². The van der Waals surface area contributed by atoms with Crippen LogP contribution in [0.15, 0.2) is 35.0 Å². The van der Waals surface area contributed by atoms with Gasteiger partial charge in [-0.2, -0.15) is 0 Å². The molecule has 1 heterocycles. The van der Waals surface area contributed by atoms with Gasteiger partial charge in [0.05, 0.1) is 6.26 Å². The Balaban J connectivity index is 2.03. The summed E-state index contributed by atoms with van der Waals surface area (Å²) in [6.07, 6.45) is 12.3. The maximum Gasteiger partial charge on any atom is 0.334 e. The van der Waals surface area contributed by atoms with Crippen molar-refractivity contribution < 1.29 is 13.9 Å². The van der Waals surface area contributed by atoms with E-state index in [2.05, 4.69) is 6.58 Å². The van der Waals surface area contributed by atoms with Crippen molar-refractivity contribution >= 4 is 5.97 Å². The summed E-state index contributed by atoms with van der Waals surface area (Å²) < 4.78 is 12.1. The van der Waals surface area contributed by atoms with Gasteiger partial charge in [-0.05, 0) is 44.7 Å². The Morgan fingerprint density at radius 3 is 2.17 bits per heavy atom. The lowest BCUT2D eigenvalue weighted by atomic mass is 9.68. The van der Waals surface area contributed by atoms with Gasteiger partial charge >= 0.3 is 5.97 Å². The lowest BCUT2D eigenvalue weighted by Gasteiger charge is -2.44. The Kier molecular flexibility index (Phi) is 4.93. The predicted octanol–water partition coefficient (Wildman–Crippen LogP) is 5.36. The first kappa shape index (κ1) is 16.4. The molecule has 2 fully saturated rings. The van der Waals surface area contributed by atoms with E-state index in [-0.39, 0.29) is 5.97 Å². The predicted molar refractivity (Wildman–Crippen MR) is 89.8 cm³/mol. The van der Waals surface area contributed by atoms with Crippen molar-refractivity contribution in [3.05, 3.63) is 36.3 Å². The highest BCUT2D eigenvalue weighted by Gasteiger charge is 2.53. The van der Waals surface area contributed by atoms with E-state index in [0.717, 1.165) is 31.4 Å². The molecule has 2 aliphatic carbocycles. The topological polar surface area (TPSA) is 39.4 Å². The standard InChI is InChI=1S/C20H28O3/c1-15(2)19(21)23-20(17-11-6-7-12-17,18-13-8-14-22-18)16-9-4-3-5-10-16/h8,13-14,16-17H,1,3-7,9-12H2,2H3. The van der Waals surface area contributed by atoms with Gasteiger partial charge in [-0.3, -0.25) is 0 Å². The number of rotatable bonds is 5. The molecule has 0 aromatic carbocycles. The largest absolute Gasteiger partial charge is 0.465 e. The van der Waals surface area contributed by atoms with Crippen LogP contribution in [-0.2, 0) is 15.1 Å². The van der Waals surface area contributed by atoms with E-state index in [1.165, 1.54) is 32.1 Å². The number of furan rings is 1. The van der Waals surface area contributed by atoms with Gasteiger partial charge < -0.3 is 9.15 Å². The van der Waals surface area contributed by atoms with Crippen molar-refractivity contribution in [1.29, 1.82) is 0 Å². The van der Waals surface area contributed by atoms with Crippen LogP contribution < -0.4 is 0 Å². The SMILES string of the molecule is C=C(C)C(=O)OC(c1ccco1)(C1CCCCC1)C1CCCC1. The number of hydrogen-bond acceptors (Lipinski definition) is 3. The molecule has 1 aromatic rings. The van der Waals surface area contributed by atoms with Crippen LogP contribution in [0.5, 0.6) is 0 Å². The van der Waals surface area contributed by atoms with Gasteiger partial charge in [-0.1, -0.05) is 38.7 Å². The molecule has 0 aliphatic heterocycles. The Hall–Kier alpha value is -1.51. The molecule has 2 aliphatic rings. The number of carbonyl (C=O) groups is 1. The molecule has 1 unspecified atom stereocenters. The second-order valence-corrected chi connectivity index (χ2v) is 7.26. The first-order valence-electron chi connectivity index (χ1n) is 9.07. The van der Waals surface area contributed by atoms with Crippen LogP contribution in [0.2, 0.25) is 0 Å². The third-order valence-electron chi connectivity index (χ3n) is 5.69. The summed E-state index contributed by atoms with van der Waals surface area (Å²) in [5.74, 6) is 1.28. The van der Waals surface area contributed by atoms with Gasteiger partial charge in [0.25, 0.3) is 0 Å². The van der Waals surface area contributed by atoms with Gasteiger partial charge in [0.2, 0.25) is 0 Å². The van der Waals surface area contributed by atoms with E-state index < -0.39 is 5.60 Å². The van der Waals surface area contributed by atoms with Gasteiger partial charge in [-0.25, -0.2) is 4.79 Å². The molecular formula is C20H28O3. The summed E-state index contributed by atoms with van der Waals surface area (Å²) >= 11 is 0. The van der Waals surface area contributed by atoms with Crippen molar-refractivity contribution in [3.63, 3.8) is 0 Å². The van der Waals surface area contributed by atoms with Crippen LogP contribution in [0.1, 0.15) is 70.5 Å². The molecule has 126 valence electrons. The summed E-state index contributed by atoms with van der Waals surface area (Å²) in [6.45, 7) is 5.51. The summed E-state index contributed by atoms with van der Waals surface area (Å²) in [5, 5.41) is 0. The molecule has 0 N–H and O–H groups in total. The van der Waals surface area contributed by atoms with Crippen LogP contribution in [0.3, 0.4) is 0 Å². The average molecular weight is 316 g/mol. The molecule has 1 aromatic heterocycles. The highest BCUT2D eigenvalue weighted by molar-refractivity contribution is 5.87. The lowest BCUT2D eigenvalue weighted by Crippen LogP contribution is -2.46. The molecule has 0 bridgehead atoms. The number of esters is 1. The van der Waals surface area contributed by atoms with E-state index in [4.69, 9.17) is 9.15 Å². The summed E-state index contributed by atoms with van der Waals surface area (Å²) in [5.41, 5.74) is -0.133. The molecule has 3 heteroatoms. The van der Waals surface area contributed by atoms with Gasteiger partial charge in [0.15, 0.2) is 5.60 Å². The minimum Gasteiger partial charge on any atom is -0.465 e. The van der Waals surface area contributed by atoms with Crippen molar-refractivity contribution in [2.75, 3.05) is 0 Å². The van der Waals surface area contributed by atoms with Crippen LogP contribution in [0.4, 0.5) is 0 Å². The second-order valence-electron chi connectivity index (χ2n) is 7.26. The van der Waals surface area contributed by atoms with Crippen molar-refractivity contribution in [3.8, 4) is 0 Å². The lowest BCUT2D eigenvalue weighted by molar-refractivity contribution is -0.180. The Morgan fingerprint density at radius 1 is 1.13 bits per heavy atom. The van der Waals surface area contributed by atoms with Gasteiger partial charge in [0, 0.05) is 17.4 Å². The summed E-state index contributed by atoms with van der Waals surface area (Å²) in [6, 6.07) is 3.91. The first-order valence-corrected chi connectivity index (χ1v) is 9.07. The first-order chi connectivity index (χ1) is 11.1. The molecule has 0 radical (unpaired) electrons. The maximum absolute atomic E-state index is 12.5. The van der Waals surface area contributed by atoms with E-state index in [1.54, 1.807) is 13.2 Å². The van der Waals surface area contributed by atoms with Crippen LogP contribution in [0, 0.1) is 11.8 Å². The zero-order chi connectivity index (χ0) is 16.3. The molecule has 2 saturated carbocycles. The monoisotopic (exact) mass is 316 g/mol. The Bertz CT molecular complexity index is 533. The highest BCUT2D eigenvalue weighted by Crippen LogP contribution is 2.52. The smallest absolute Gasteiger partial charge is 0.334 e. The molecule has 0 saturated heterocycles. The fraction of sp³-hybridized carbons (Fsp3) is 0.650. The molecule has 1 atom stereocenters. The Morgan fingerprint density at radius 2 is 1.70 bits per heavy atom. The second kappa shape index (κ2) is 6.94. The quantitative estimate of drug-likeness (QED) is 0.542. The van der Waals surface area contributed by atoms with Crippen molar-refractivity contribution in [1.82, 2.24) is 0 Å². The minimum absolute atomic E-state index is 0.279. The number of ether oxygens (including phenoxy) is 1. The molecular weight excluding hydrogens is 288 g/mol. The van der Waals surface area contributed by atoms with E-state index in [0.29, 0.717) is 17.4 Å². The van der Waals surface area contributed by atoms with Crippen LogP contribution in [0.25, 0.3) is 0 Å². The van der Waals surface area contributed by atoms with E-state index in [1.807, 2.05) is 12.1 Å². The summed E-state index contributed by atoms with van der Waals surface area (Å²) in [7, 11) is 0. The van der Waals surface area contributed by atoms with E-state index in [9.17, 15) is 4.79 Å². The molecule has 0 amide bonds. The van der Waals surface area contributed by atoms with Crippen molar-refractivity contribution in [2.45, 2.75) is 70.3 Å². The van der Waals surface area contributed by atoms with Gasteiger partial charge in [0.1, 0.15) is 5.76 Å². The molecule has 3 rings (SSSR count). The third kappa shape index (κ3) is 3.11. The third-order valence-corrected chi connectivity index (χ3v) is 5.69. The van der Waals surface area contributed by atoms with Gasteiger partial charge in [-0.15, -0.1) is 0 Å². The molecule has 3 nitrogen and oxygen atoms in total. The zero-order valence-electron chi connectivity index (χ0n) is 14.2. The fourth-order valence-corrected chi connectivity index (χ4v) is 4.58.